The van der Waals surface area contributed by atoms with Crippen LogP contribution in [0.2, 0.25) is 0 Å². The standard InChI is InChI=1S/C15H11N5S/c1-20-8-5-10-4-7-17-12(13(10)20)15-19-18-14(21-15)11-3-2-6-16-9-11/h2-9H,1H3. The van der Waals surface area contributed by atoms with Crippen LogP contribution in [0, 0.1) is 0 Å². The van der Waals surface area contributed by atoms with Gasteiger partial charge in [0, 0.05) is 42.8 Å². The highest BCUT2D eigenvalue weighted by atomic mass is 32.1. The Morgan fingerprint density at radius 3 is 2.81 bits per heavy atom. The first kappa shape index (κ1) is 12.2. The van der Waals surface area contributed by atoms with Crippen LogP contribution < -0.4 is 0 Å². The highest BCUT2D eigenvalue weighted by molar-refractivity contribution is 7.18. The molecule has 0 aliphatic carbocycles. The summed E-state index contributed by atoms with van der Waals surface area (Å²) in [5, 5.41) is 11.4. The molecule has 0 saturated carbocycles. The molecule has 0 aromatic carbocycles. The topological polar surface area (TPSA) is 56.5 Å². The van der Waals surface area contributed by atoms with E-state index in [-0.39, 0.29) is 0 Å². The Kier molecular flexibility index (Phi) is 2.75. The Labute approximate surface area is 124 Å². The molecule has 0 N–H and O–H groups in total. The van der Waals surface area contributed by atoms with Crippen molar-refractivity contribution in [3.8, 4) is 21.3 Å². The monoisotopic (exact) mass is 293 g/mol. The van der Waals surface area contributed by atoms with E-state index < -0.39 is 0 Å². The van der Waals surface area contributed by atoms with Gasteiger partial charge in [-0.25, -0.2) is 0 Å². The normalized spacial score (nSPS) is 11.1. The molecule has 0 saturated heterocycles. The first-order valence-corrected chi connectivity index (χ1v) is 7.29. The summed E-state index contributed by atoms with van der Waals surface area (Å²) < 4.78 is 2.06. The zero-order valence-corrected chi connectivity index (χ0v) is 12.1. The molecule has 4 heterocycles. The van der Waals surface area contributed by atoms with Crippen molar-refractivity contribution in [2.75, 3.05) is 0 Å². The third kappa shape index (κ3) is 2.00. The molecular formula is C15H11N5S. The van der Waals surface area contributed by atoms with E-state index in [1.807, 2.05) is 37.6 Å². The summed E-state index contributed by atoms with van der Waals surface area (Å²) in [6.07, 6.45) is 7.38. The highest BCUT2D eigenvalue weighted by Crippen LogP contribution is 2.32. The molecular weight excluding hydrogens is 282 g/mol. The lowest BCUT2D eigenvalue weighted by molar-refractivity contribution is 0.965. The molecule has 0 spiro atoms. The van der Waals surface area contributed by atoms with Gasteiger partial charge in [-0.1, -0.05) is 11.3 Å². The van der Waals surface area contributed by atoms with Crippen molar-refractivity contribution < 1.29 is 0 Å². The van der Waals surface area contributed by atoms with Gasteiger partial charge in [0.05, 0.1) is 5.52 Å². The number of hydrogen-bond acceptors (Lipinski definition) is 5. The van der Waals surface area contributed by atoms with Gasteiger partial charge in [0.2, 0.25) is 0 Å². The Hall–Kier alpha value is -2.60. The number of fused-ring (bicyclic) bond motifs is 1. The summed E-state index contributed by atoms with van der Waals surface area (Å²) in [4.78, 5) is 8.61. The van der Waals surface area contributed by atoms with Crippen LogP contribution in [0.3, 0.4) is 0 Å². The van der Waals surface area contributed by atoms with Crippen molar-refractivity contribution in [1.82, 2.24) is 24.7 Å². The number of nitrogens with zero attached hydrogens (tertiary/aromatic N) is 5. The lowest BCUT2D eigenvalue weighted by Gasteiger charge is -2.01. The van der Waals surface area contributed by atoms with E-state index in [2.05, 4.69) is 30.8 Å². The van der Waals surface area contributed by atoms with Gasteiger partial charge in [0.25, 0.3) is 0 Å². The minimum absolute atomic E-state index is 0.821. The number of rotatable bonds is 2. The fraction of sp³-hybridized carbons (Fsp3) is 0.0667. The van der Waals surface area contributed by atoms with Gasteiger partial charge in [-0.3, -0.25) is 9.97 Å². The minimum atomic E-state index is 0.821. The quantitative estimate of drug-likeness (QED) is 0.569. The zero-order valence-electron chi connectivity index (χ0n) is 11.3. The van der Waals surface area contributed by atoms with Crippen molar-refractivity contribution >= 4 is 22.2 Å². The maximum Gasteiger partial charge on any atom is 0.168 e. The van der Waals surface area contributed by atoms with Gasteiger partial charge in [-0.05, 0) is 24.3 Å². The van der Waals surface area contributed by atoms with Gasteiger partial charge in [-0.2, -0.15) is 0 Å². The van der Waals surface area contributed by atoms with E-state index >= 15 is 0 Å². The van der Waals surface area contributed by atoms with Crippen molar-refractivity contribution in [3.63, 3.8) is 0 Å². The number of pyridine rings is 2. The Morgan fingerprint density at radius 1 is 1.05 bits per heavy atom. The van der Waals surface area contributed by atoms with Crippen LogP contribution in [0.15, 0.2) is 49.1 Å². The van der Waals surface area contributed by atoms with E-state index in [1.54, 1.807) is 12.4 Å². The van der Waals surface area contributed by atoms with E-state index in [4.69, 9.17) is 0 Å². The van der Waals surface area contributed by atoms with Crippen molar-refractivity contribution in [3.05, 3.63) is 49.1 Å². The molecule has 5 nitrogen and oxygen atoms in total. The first-order chi connectivity index (χ1) is 10.3. The SMILES string of the molecule is Cn1ccc2ccnc(-c3nnc(-c4cccnc4)s3)c21. The molecule has 0 unspecified atom stereocenters. The number of hydrogen-bond donors (Lipinski definition) is 0. The van der Waals surface area contributed by atoms with Gasteiger partial charge < -0.3 is 4.57 Å². The molecule has 0 radical (unpaired) electrons. The molecule has 6 heteroatoms. The van der Waals surface area contributed by atoms with Gasteiger partial charge in [-0.15, -0.1) is 10.2 Å². The third-order valence-electron chi connectivity index (χ3n) is 3.32. The maximum absolute atomic E-state index is 4.49. The lowest BCUT2D eigenvalue weighted by atomic mass is 10.2. The predicted molar refractivity (Wildman–Crippen MR) is 82.8 cm³/mol. The molecule has 4 aromatic rings. The van der Waals surface area contributed by atoms with Crippen molar-refractivity contribution in [2.24, 2.45) is 7.05 Å². The van der Waals surface area contributed by atoms with Gasteiger partial charge in [0.15, 0.2) is 5.01 Å². The molecule has 0 aliphatic rings. The third-order valence-corrected chi connectivity index (χ3v) is 4.30. The second kappa shape index (κ2) is 4.75. The second-order valence-electron chi connectivity index (χ2n) is 4.68. The van der Waals surface area contributed by atoms with Gasteiger partial charge >= 0.3 is 0 Å². The molecule has 0 atom stereocenters. The molecule has 4 aromatic heterocycles. The number of aromatic nitrogens is 5. The molecule has 0 aliphatic heterocycles. The second-order valence-corrected chi connectivity index (χ2v) is 5.66. The summed E-state index contributed by atoms with van der Waals surface area (Å²) in [5.74, 6) is 0. The van der Waals surface area contributed by atoms with Crippen molar-refractivity contribution in [1.29, 1.82) is 0 Å². The summed E-state index contributed by atoms with van der Waals surface area (Å²) >= 11 is 1.53. The minimum Gasteiger partial charge on any atom is -0.349 e. The maximum atomic E-state index is 4.49. The fourth-order valence-corrected chi connectivity index (χ4v) is 3.15. The highest BCUT2D eigenvalue weighted by Gasteiger charge is 2.14. The molecule has 4 rings (SSSR count). The average Bonchev–Trinajstić information content (AvgIpc) is 3.16. The number of aryl methyl sites for hydroxylation is 1. The Balaban J connectivity index is 1.87. The Bertz CT molecular complexity index is 910. The van der Waals surface area contributed by atoms with E-state index in [0.29, 0.717) is 0 Å². The molecule has 0 fully saturated rings. The van der Waals surface area contributed by atoms with Crippen molar-refractivity contribution in [2.45, 2.75) is 0 Å². The van der Waals surface area contributed by atoms with E-state index in [1.165, 1.54) is 11.3 Å². The summed E-state index contributed by atoms with van der Waals surface area (Å²) in [6, 6.07) is 7.95. The largest absolute Gasteiger partial charge is 0.349 e. The fourth-order valence-electron chi connectivity index (χ4n) is 2.32. The van der Waals surface area contributed by atoms with Crippen LogP contribution in [0.4, 0.5) is 0 Å². The molecule has 0 amide bonds. The van der Waals surface area contributed by atoms with Crippen LogP contribution in [-0.2, 0) is 7.05 Å². The summed E-state index contributed by atoms with van der Waals surface area (Å²) in [5.41, 5.74) is 2.92. The average molecular weight is 293 g/mol. The Morgan fingerprint density at radius 2 is 1.95 bits per heavy atom. The van der Waals surface area contributed by atoms with Crippen LogP contribution >= 0.6 is 11.3 Å². The first-order valence-electron chi connectivity index (χ1n) is 6.47. The summed E-state index contributed by atoms with van der Waals surface area (Å²) in [7, 11) is 2.01. The van der Waals surface area contributed by atoms with Crippen LogP contribution in [0.5, 0.6) is 0 Å². The molecule has 21 heavy (non-hydrogen) atoms. The molecule has 0 bridgehead atoms. The predicted octanol–water partition coefficient (Wildman–Crippen LogP) is 3.15. The van der Waals surface area contributed by atoms with Crippen LogP contribution in [-0.4, -0.2) is 24.7 Å². The summed E-state index contributed by atoms with van der Waals surface area (Å²) in [6.45, 7) is 0. The van der Waals surface area contributed by atoms with Gasteiger partial charge in [0.1, 0.15) is 10.7 Å². The smallest absolute Gasteiger partial charge is 0.168 e. The van der Waals surface area contributed by atoms with E-state index in [9.17, 15) is 0 Å². The zero-order chi connectivity index (χ0) is 14.2. The van der Waals surface area contributed by atoms with Crippen LogP contribution in [0.1, 0.15) is 0 Å². The van der Waals surface area contributed by atoms with Crippen LogP contribution in [0.25, 0.3) is 32.2 Å². The lowest BCUT2D eigenvalue weighted by Crippen LogP contribution is -1.90. The molecule has 102 valence electrons. The van der Waals surface area contributed by atoms with E-state index in [0.717, 1.165) is 32.2 Å².